The van der Waals surface area contributed by atoms with Crippen LogP contribution in [-0.4, -0.2) is 18.3 Å². The summed E-state index contributed by atoms with van der Waals surface area (Å²) in [6.45, 7) is 0.783. The van der Waals surface area contributed by atoms with Gasteiger partial charge in [0.2, 0.25) is 0 Å². The van der Waals surface area contributed by atoms with Crippen molar-refractivity contribution in [3.63, 3.8) is 0 Å². The van der Waals surface area contributed by atoms with E-state index in [2.05, 4.69) is 78.9 Å². The minimum atomic E-state index is -0.641. The normalized spacial score (nSPS) is 19.0. The highest BCUT2D eigenvalue weighted by Crippen LogP contribution is 2.45. The Morgan fingerprint density at radius 1 is 0.786 bits per heavy atom. The summed E-state index contributed by atoms with van der Waals surface area (Å²) < 4.78 is 6.83. The van der Waals surface area contributed by atoms with Crippen LogP contribution in [0.4, 0.5) is 0 Å². The molecule has 3 aromatic carbocycles. The Hall–Kier alpha value is -2.68. The van der Waals surface area contributed by atoms with Gasteiger partial charge in [0.05, 0.1) is 13.2 Å². The van der Waals surface area contributed by atoms with Gasteiger partial charge in [-0.3, -0.25) is 0 Å². The number of hydrogen-bond donors (Lipinski definition) is 1. The van der Waals surface area contributed by atoms with Gasteiger partial charge in [-0.05, 0) is 34.9 Å². The molecule has 142 valence electrons. The number of hydrogen-bond acceptors (Lipinski definition) is 2. The third kappa shape index (κ3) is 3.80. The Kier molecular flexibility index (Phi) is 5.70. The Bertz CT molecular complexity index is 791. The average Bonchev–Trinajstić information content (AvgIpc) is 3.53. The highest BCUT2D eigenvalue weighted by molar-refractivity contribution is 5.47. The molecule has 0 aliphatic heterocycles. The van der Waals surface area contributed by atoms with Crippen LogP contribution in [0.3, 0.4) is 0 Å². The van der Waals surface area contributed by atoms with E-state index in [1.54, 1.807) is 0 Å². The third-order valence-corrected chi connectivity index (χ3v) is 5.52. The fourth-order valence-corrected chi connectivity index (χ4v) is 3.93. The predicted octanol–water partition coefficient (Wildman–Crippen LogP) is 5.18. The van der Waals surface area contributed by atoms with Crippen molar-refractivity contribution in [2.75, 3.05) is 13.2 Å². The average molecular weight is 370 g/mol. The van der Waals surface area contributed by atoms with Gasteiger partial charge in [-0.15, -0.1) is 0 Å². The van der Waals surface area contributed by atoms with Gasteiger partial charge >= 0.3 is 0 Å². The molecule has 2 nitrogen and oxygen atoms in total. The molecule has 0 aromatic heterocycles. The molecule has 0 bridgehead atoms. The number of allylic oxidation sites excluding steroid dienone is 1. The van der Waals surface area contributed by atoms with Crippen molar-refractivity contribution >= 4 is 0 Å². The number of aliphatic hydroxyl groups excluding tert-OH is 1. The quantitative estimate of drug-likeness (QED) is 0.437. The molecule has 1 N–H and O–H groups in total. The van der Waals surface area contributed by atoms with E-state index < -0.39 is 5.60 Å². The Labute approximate surface area is 167 Å². The minimum Gasteiger partial charge on any atom is -0.392 e. The first-order chi connectivity index (χ1) is 13.8. The lowest BCUT2D eigenvalue weighted by atomic mass is 9.80. The lowest BCUT2D eigenvalue weighted by molar-refractivity contribution is 0.00511. The van der Waals surface area contributed by atoms with E-state index in [0.29, 0.717) is 18.4 Å². The maximum atomic E-state index is 9.02. The lowest BCUT2D eigenvalue weighted by Gasteiger charge is -2.36. The molecule has 0 saturated heterocycles. The fraction of sp³-hybridized carbons (Fsp3) is 0.231. The van der Waals surface area contributed by atoms with Crippen molar-refractivity contribution in [2.45, 2.75) is 12.0 Å². The van der Waals surface area contributed by atoms with Crippen molar-refractivity contribution in [1.29, 1.82) is 0 Å². The predicted molar refractivity (Wildman–Crippen MR) is 113 cm³/mol. The molecule has 28 heavy (non-hydrogen) atoms. The summed E-state index contributed by atoms with van der Waals surface area (Å²) in [6.07, 6.45) is 5.07. The molecular formula is C26H26O2. The maximum Gasteiger partial charge on any atom is 0.143 e. The van der Waals surface area contributed by atoms with Crippen molar-refractivity contribution < 1.29 is 9.84 Å². The van der Waals surface area contributed by atoms with E-state index in [0.717, 1.165) is 23.1 Å². The van der Waals surface area contributed by atoms with Gasteiger partial charge in [0, 0.05) is 0 Å². The molecule has 0 unspecified atom stereocenters. The first kappa shape index (κ1) is 18.7. The Morgan fingerprint density at radius 2 is 1.25 bits per heavy atom. The molecule has 0 heterocycles. The van der Waals surface area contributed by atoms with Crippen molar-refractivity contribution in [2.24, 2.45) is 11.8 Å². The van der Waals surface area contributed by atoms with Gasteiger partial charge in [0.25, 0.3) is 0 Å². The summed E-state index contributed by atoms with van der Waals surface area (Å²) in [5.74, 6) is 1.01. The van der Waals surface area contributed by atoms with E-state index in [9.17, 15) is 0 Å². The molecule has 1 aliphatic rings. The summed E-state index contributed by atoms with van der Waals surface area (Å²) in [5, 5.41) is 9.02. The second-order valence-corrected chi connectivity index (χ2v) is 7.36. The van der Waals surface area contributed by atoms with E-state index in [1.165, 1.54) is 0 Å². The van der Waals surface area contributed by atoms with Gasteiger partial charge in [-0.25, -0.2) is 0 Å². The zero-order chi connectivity index (χ0) is 19.2. The van der Waals surface area contributed by atoms with Crippen LogP contribution in [0.15, 0.2) is 103 Å². The molecule has 4 rings (SSSR count). The van der Waals surface area contributed by atoms with Gasteiger partial charge in [0.15, 0.2) is 0 Å². The lowest BCUT2D eigenvalue weighted by Crippen LogP contribution is -2.33. The number of benzene rings is 3. The Balaban J connectivity index is 1.74. The summed E-state index contributed by atoms with van der Waals surface area (Å²) in [7, 11) is 0. The van der Waals surface area contributed by atoms with Crippen LogP contribution in [0.25, 0.3) is 0 Å². The number of rotatable bonds is 8. The molecule has 1 fully saturated rings. The van der Waals surface area contributed by atoms with Crippen molar-refractivity contribution in [3.05, 3.63) is 120 Å². The third-order valence-electron chi connectivity index (χ3n) is 5.52. The number of aliphatic hydroxyl groups is 1. The van der Waals surface area contributed by atoms with Crippen LogP contribution in [0.5, 0.6) is 0 Å². The van der Waals surface area contributed by atoms with E-state index in [-0.39, 0.29) is 6.61 Å². The zero-order valence-electron chi connectivity index (χ0n) is 15.9. The molecule has 1 aliphatic carbocycles. The molecule has 0 radical (unpaired) electrons. The van der Waals surface area contributed by atoms with Crippen LogP contribution >= 0.6 is 0 Å². The largest absolute Gasteiger partial charge is 0.392 e. The monoisotopic (exact) mass is 370 g/mol. The molecular weight excluding hydrogens is 344 g/mol. The fourth-order valence-electron chi connectivity index (χ4n) is 3.93. The number of ether oxygens (including phenoxy) is 1. The second kappa shape index (κ2) is 8.55. The summed E-state index contributed by atoms with van der Waals surface area (Å²) in [4.78, 5) is 0. The van der Waals surface area contributed by atoms with Crippen LogP contribution in [0, 0.1) is 11.8 Å². The van der Waals surface area contributed by atoms with Gasteiger partial charge in [-0.2, -0.15) is 0 Å². The Morgan fingerprint density at radius 3 is 1.68 bits per heavy atom. The summed E-state index contributed by atoms with van der Waals surface area (Å²) in [6, 6.07) is 31.5. The topological polar surface area (TPSA) is 29.5 Å². The zero-order valence-corrected chi connectivity index (χ0v) is 15.9. The smallest absolute Gasteiger partial charge is 0.143 e. The SMILES string of the molecule is OC/C=C/[C@H]1C[C@@H]1COC(c1ccccc1)(c1ccccc1)c1ccccc1. The standard InChI is InChI=1S/C26H26O2/c27-18-10-11-21-19-22(21)20-28-26(23-12-4-1-5-13-23,24-14-6-2-7-15-24)25-16-8-3-9-17-25/h1-17,21-22,27H,18-20H2/b11-10+/t21-,22+/m0/s1. The van der Waals surface area contributed by atoms with E-state index in [1.807, 2.05) is 24.3 Å². The molecule has 2 heteroatoms. The van der Waals surface area contributed by atoms with E-state index >= 15 is 0 Å². The van der Waals surface area contributed by atoms with Gasteiger partial charge in [0.1, 0.15) is 5.60 Å². The molecule has 0 amide bonds. The minimum absolute atomic E-state index is 0.103. The van der Waals surface area contributed by atoms with Crippen LogP contribution in [-0.2, 0) is 10.3 Å². The second-order valence-electron chi connectivity index (χ2n) is 7.36. The van der Waals surface area contributed by atoms with Gasteiger partial charge < -0.3 is 9.84 Å². The summed E-state index contributed by atoms with van der Waals surface area (Å²) in [5.41, 5.74) is 2.76. The molecule has 0 spiro atoms. The maximum absolute atomic E-state index is 9.02. The first-order valence-electron chi connectivity index (χ1n) is 9.92. The molecule has 1 saturated carbocycles. The van der Waals surface area contributed by atoms with Crippen molar-refractivity contribution in [1.82, 2.24) is 0 Å². The van der Waals surface area contributed by atoms with Crippen LogP contribution in [0.1, 0.15) is 23.1 Å². The molecule has 3 aromatic rings. The highest BCUT2D eigenvalue weighted by Gasteiger charge is 2.41. The molecule has 2 atom stereocenters. The van der Waals surface area contributed by atoms with Crippen molar-refractivity contribution in [3.8, 4) is 0 Å². The van der Waals surface area contributed by atoms with Crippen LogP contribution < -0.4 is 0 Å². The first-order valence-corrected chi connectivity index (χ1v) is 9.92. The van der Waals surface area contributed by atoms with Crippen LogP contribution in [0.2, 0.25) is 0 Å². The van der Waals surface area contributed by atoms with E-state index in [4.69, 9.17) is 9.84 Å². The van der Waals surface area contributed by atoms with Gasteiger partial charge in [-0.1, -0.05) is 103 Å². The summed E-state index contributed by atoms with van der Waals surface area (Å²) >= 11 is 0. The highest BCUT2D eigenvalue weighted by atomic mass is 16.5.